The topological polar surface area (TPSA) is 128 Å². The minimum absolute atomic E-state index is 0.0333. The van der Waals surface area contributed by atoms with E-state index in [-0.39, 0.29) is 37.9 Å². The maximum Gasteiger partial charge on any atom is 0.423 e. The van der Waals surface area contributed by atoms with E-state index in [4.69, 9.17) is 25.8 Å². The summed E-state index contributed by atoms with van der Waals surface area (Å²) in [6.07, 6.45) is -3.22. The molecule has 1 saturated heterocycles. The molecule has 0 spiro atoms. The fourth-order valence-electron chi connectivity index (χ4n) is 3.53. The van der Waals surface area contributed by atoms with Crippen LogP contribution in [0.1, 0.15) is 24.0 Å². The second-order valence-electron chi connectivity index (χ2n) is 8.34. The summed E-state index contributed by atoms with van der Waals surface area (Å²) in [5.74, 6) is 0.0273. The second-order valence-corrected chi connectivity index (χ2v) is 10.1. The van der Waals surface area contributed by atoms with Gasteiger partial charge in [0.25, 0.3) is 0 Å². The van der Waals surface area contributed by atoms with Crippen molar-refractivity contribution in [1.82, 2.24) is 19.9 Å². The van der Waals surface area contributed by atoms with E-state index in [0.29, 0.717) is 30.1 Å². The molecule has 11 nitrogen and oxygen atoms in total. The van der Waals surface area contributed by atoms with Gasteiger partial charge in [-0.1, -0.05) is 11.6 Å². The maximum absolute atomic E-state index is 13.0. The van der Waals surface area contributed by atoms with Crippen molar-refractivity contribution < 1.29 is 44.8 Å². The number of carbonyl (C=O) groups excluding carboxylic acids is 1. The number of likely N-dealkylation sites (tertiary alicyclic amines) is 1. The molecule has 1 aliphatic heterocycles. The van der Waals surface area contributed by atoms with Crippen molar-refractivity contribution in [2.75, 3.05) is 46.5 Å². The van der Waals surface area contributed by atoms with Gasteiger partial charge in [-0.05, 0) is 44.1 Å². The first kappa shape index (κ1) is 30.7. The van der Waals surface area contributed by atoms with Gasteiger partial charge in [0.05, 0.1) is 12.2 Å². The fourth-order valence-corrected chi connectivity index (χ4v) is 4.39. The van der Waals surface area contributed by atoms with Crippen molar-refractivity contribution in [3.05, 3.63) is 46.6 Å². The molecule has 1 amide bonds. The molecule has 1 aromatic carbocycles. The van der Waals surface area contributed by atoms with Crippen LogP contribution in [0.5, 0.6) is 17.4 Å². The summed E-state index contributed by atoms with van der Waals surface area (Å²) in [5.41, 5.74) is -0.764. The number of ether oxygens (including phenoxy) is 3. The van der Waals surface area contributed by atoms with E-state index < -0.39 is 33.2 Å². The normalized spacial score (nSPS) is 14.3. The van der Waals surface area contributed by atoms with Crippen LogP contribution in [-0.2, 0) is 31.9 Å². The quantitative estimate of drug-likeness (QED) is 0.332. The Morgan fingerprint density at radius 2 is 1.92 bits per heavy atom. The summed E-state index contributed by atoms with van der Waals surface area (Å²) in [4.78, 5) is 17.9. The molecule has 1 aromatic heterocycles. The van der Waals surface area contributed by atoms with E-state index in [2.05, 4.69) is 24.1 Å². The van der Waals surface area contributed by atoms with Crippen LogP contribution in [0.25, 0.3) is 0 Å². The summed E-state index contributed by atoms with van der Waals surface area (Å²) in [6.45, 7) is 2.56. The SMILES string of the molecule is COCCOc1ccc(CNC(=O)OS(=O)(=O)NCCN2CCCC2)c(Oc2ncc(C(F)(F)F)cc2Cl)c1. The molecule has 0 saturated carbocycles. The molecular weight excluding hydrogens is 569 g/mol. The van der Waals surface area contributed by atoms with Gasteiger partial charge in [-0.25, -0.2) is 9.78 Å². The third kappa shape index (κ3) is 10.0. The first-order valence-corrected chi connectivity index (χ1v) is 13.6. The summed E-state index contributed by atoms with van der Waals surface area (Å²) in [5, 5.41) is 1.89. The highest BCUT2D eigenvalue weighted by atomic mass is 35.5. The number of nitrogens with one attached hydrogen (secondary N) is 2. The minimum Gasteiger partial charge on any atom is -0.491 e. The Kier molecular flexibility index (Phi) is 11.0. The zero-order valence-corrected chi connectivity index (χ0v) is 22.5. The number of carbonyl (C=O) groups is 1. The predicted molar refractivity (Wildman–Crippen MR) is 134 cm³/mol. The lowest BCUT2D eigenvalue weighted by Crippen LogP contribution is -2.37. The largest absolute Gasteiger partial charge is 0.491 e. The third-order valence-electron chi connectivity index (χ3n) is 5.45. The molecule has 2 N–H and O–H groups in total. The Hall–Kier alpha value is -2.85. The molecule has 16 heteroatoms. The fraction of sp³-hybridized carbons (Fsp3) is 0.478. The zero-order valence-electron chi connectivity index (χ0n) is 20.9. The minimum atomic E-state index is -4.65. The standard InChI is InChI=1S/C23H28ClF3N4O7S/c1-35-10-11-36-18-5-4-16(20(13-18)37-21-19(24)12-17(15-28-21)23(25,26)27)14-29-22(32)38-39(33,34)30-6-9-31-7-2-3-8-31/h4-5,12-13,15,30H,2-3,6-11,14H2,1H3,(H,29,32). The van der Waals surface area contributed by atoms with Gasteiger partial charge >= 0.3 is 22.6 Å². The average molecular weight is 597 g/mol. The van der Waals surface area contributed by atoms with Crippen molar-refractivity contribution >= 4 is 28.0 Å². The van der Waals surface area contributed by atoms with Gasteiger partial charge in [0, 0.05) is 44.6 Å². The van der Waals surface area contributed by atoms with Crippen LogP contribution in [0.15, 0.2) is 30.5 Å². The van der Waals surface area contributed by atoms with Crippen molar-refractivity contribution in [2.24, 2.45) is 0 Å². The van der Waals surface area contributed by atoms with Crippen LogP contribution in [0.3, 0.4) is 0 Å². The van der Waals surface area contributed by atoms with Crippen LogP contribution in [0.4, 0.5) is 18.0 Å². The van der Waals surface area contributed by atoms with E-state index in [1.807, 2.05) is 0 Å². The molecule has 2 heterocycles. The molecule has 1 aliphatic rings. The van der Waals surface area contributed by atoms with Gasteiger partial charge in [-0.3, -0.25) is 0 Å². The zero-order chi connectivity index (χ0) is 28.5. The molecule has 0 bridgehead atoms. The summed E-state index contributed by atoms with van der Waals surface area (Å²) in [6, 6.07) is 5.12. The lowest BCUT2D eigenvalue weighted by Gasteiger charge is -2.16. The smallest absolute Gasteiger partial charge is 0.423 e. The number of methoxy groups -OCH3 is 1. The number of nitrogens with zero attached hydrogens (tertiary/aromatic N) is 2. The molecular formula is C23H28ClF3N4O7S. The summed E-state index contributed by atoms with van der Waals surface area (Å²) in [7, 11) is -2.85. The third-order valence-corrected chi connectivity index (χ3v) is 6.65. The van der Waals surface area contributed by atoms with Crippen molar-refractivity contribution in [3.8, 4) is 17.4 Å². The van der Waals surface area contributed by atoms with Gasteiger partial charge in [-0.15, -0.1) is 0 Å². The number of hydrogen-bond acceptors (Lipinski definition) is 9. The van der Waals surface area contributed by atoms with Crippen molar-refractivity contribution in [2.45, 2.75) is 25.6 Å². The van der Waals surface area contributed by atoms with Crippen molar-refractivity contribution in [1.29, 1.82) is 0 Å². The molecule has 3 rings (SSSR count). The molecule has 0 unspecified atom stereocenters. The second kappa shape index (κ2) is 14.0. The number of aromatic nitrogens is 1. The van der Waals surface area contributed by atoms with E-state index in [9.17, 15) is 26.4 Å². The van der Waals surface area contributed by atoms with Gasteiger partial charge < -0.3 is 28.6 Å². The van der Waals surface area contributed by atoms with E-state index in [0.717, 1.165) is 25.9 Å². The highest BCUT2D eigenvalue weighted by Gasteiger charge is 2.32. The number of pyridine rings is 1. The molecule has 0 aliphatic carbocycles. The van der Waals surface area contributed by atoms with Gasteiger partial charge in [0.15, 0.2) is 0 Å². The Morgan fingerprint density at radius 1 is 1.18 bits per heavy atom. The number of rotatable bonds is 13. The van der Waals surface area contributed by atoms with Crippen LogP contribution in [0, 0.1) is 0 Å². The summed E-state index contributed by atoms with van der Waals surface area (Å²) >= 11 is 5.96. The van der Waals surface area contributed by atoms with Gasteiger partial charge in [0.1, 0.15) is 23.1 Å². The average Bonchev–Trinajstić information content (AvgIpc) is 3.37. The van der Waals surface area contributed by atoms with Crippen molar-refractivity contribution in [3.63, 3.8) is 0 Å². The Bertz CT molecular complexity index is 1230. The van der Waals surface area contributed by atoms with E-state index in [1.54, 1.807) is 6.07 Å². The molecule has 39 heavy (non-hydrogen) atoms. The maximum atomic E-state index is 13.0. The molecule has 1 fully saturated rings. The Labute approximate surface area is 228 Å². The van der Waals surface area contributed by atoms with Crippen LogP contribution in [0.2, 0.25) is 5.02 Å². The van der Waals surface area contributed by atoms with E-state index in [1.165, 1.54) is 19.2 Å². The summed E-state index contributed by atoms with van der Waals surface area (Å²) < 4.78 is 85.8. The van der Waals surface area contributed by atoms with Gasteiger partial charge in [-0.2, -0.15) is 26.3 Å². The highest BCUT2D eigenvalue weighted by molar-refractivity contribution is 7.85. The number of amides is 1. The predicted octanol–water partition coefficient (Wildman–Crippen LogP) is 3.73. The number of halogens is 4. The molecule has 0 radical (unpaired) electrons. The molecule has 2 aromatic rings. The first-order chi connectivity index (χ1) is 18.5. The molecule has 0 atom stereocenters. The van der Waals surface area contributed by atoms with Crippen LogP contribution in [-0.4, -0.2) is 70.9 Å². The monoisotopic (exact) mass is 596 g/mol. The van der Waals surface area contributed by atoms with Crippen LogP contribution >= 0.6 is 11.6 Å². The number of hydrogen-bond donors (Lipinski definition) is 2. The van der Waals surface area contributed by atoms with Gasteiger partial charge in [0.2, 0.25) is 5.88 Å². The highest BCUT2D eigenvalue weighted by Crippen LogP contribution is 2.36. The van der Waals surface area contributed by atoms with Crippen LogP contribution < -0.4 is 19.5 Å². The lowest BCUT2D eigenvalue weighted by molar-refractivity contribution is -0.137. The first-order valence-electron chi connectivity index (χ1n) is 11.8. The lowest BCUT2D eigenvalue weighted by atomic mass is 10.2. The Morgan fingerprint density at radius 3 is 2.59 bits per heavy atom. The molecule has 216 valence electrons. The Balaban J connectivity index is 1.66. The van der Waals surface area contributed by atoms with E-state index >= 15 is 0 Å². The number of benzene rings is 1. The number of alkyl halides is 3.